The molecule has 2 N–H and O–H groups in total. The number of nitrogens with zero attached hydrogens (tertiary/aromatic N) is 2. The van der Waals surface area contributed by atoms with Gasteiger partial charge in [-0.15, -0.1) is 0 Å². The normalized spacial score (nSPS) is 17.0. The largest absolute Gasteiger partial charge is 0.393 e. The highest BCUT2D eigenvalue weighted by Gasteiger charge is 2.21. The fraction of sp³-hybridized carbons (Fsp3) is 0.421. The van der Waals surface area contributed by atoms with Gasteiger partial charge in [0.05, 0.1) is 6.10 Å². The number of hydrogen-bond donors (Lipinski definition) is 2. The van der Waals surface area contributed by atoms with Gasteiger partial charge in [-0.25, -0.2) is 4.39 Å². The van der Waals surface area contributed by atoms with Crippen LogP contribution in [0.3, 0.4) is 0 Å². The fourth-order valence-electron chi connectivity index (χ4n) is 3.15. The Balaban J connectivity index is 1.74. The van der Waals surface area contributed by atoms with Crippen molar-refractivity contribution in [1.29, 1.82) is 0 Å². The standard InChI is InChI=1S/C19H24FN3O/c1-14(22-13-15-4-8-21-9-5-15)18-12-16(20)2-3-19(18)23-10-6-17(24)7-11-23/h2-5,8-9,12,14,17,22,24H,6-7,10-11,13H2,1H3. The molecule has 1 aliphatic rings. The van der Waals surface area contributed by atoms with E-state index >= 15 is 0 Å². The van der Waals surface area contributed by atoms with Gasteiger partial charge in [0, 0.05) is 43.8 Å². The summed E-state index contributed by atoms with van der Waals surface area (Å²) < 4.78 is 13.8. The molecule has 0 amide bonds. The first-order valence-electron chi connectivity index (χ1n) is 8.48. The van der Waals surface area contributed by atoms with Crippen LogP contribution >= 0.6 is 0 Å². The summed E-state index contributed by atoms with van der Waals surface area (Å²) in [7, 11) is 0. The highest BCUT2D eigenvalue weighted by molar-refractivity contribution is 5.55. The third kappa shape index (κ3) is 4.10. The van der Waals surface area contributed by atoms with Crippen LogP contribution in [-0.2, 0) is 6.54 Å². The first kappa shape index (κ1) is 16.9. The molecule has 1 aromatic carbocycles. The Morgan fingerprint density at radius 1 is 1.25 bits per heavy atom. The summed E-state index contributed by atoms with van der Waals surface area (Å²) in [6.07, 6.45) is 4.85. The van der Waals surface area contributed by atoms with Crippen LogP contribution in [0.5, 0.6) is 0 Å². The van der Waals surface area contributed by atoms with E-state index in [9.17, 15) is 9.50 Å². The molecule has 24 heavy (non-hydrogen) atoms. The molecule has 1 atom stereocenters. The average Bonchev–Trinajstić information content (AvgIpc) is 2.61. The molecule has 0 saturated carbocycles. The second-order valence-corrected chi connectivity index (χ2v) is 6.38. The molecule has 1 unspecified atom stereocenters. The Hall–Kier alpha value is -1.98. The lowest BCUT2D eigenvalue weighted by Crippen LogP contribution is -2.37. The predicted octanol–water partition coefficient (Wildman–Crippen LogP) is 3.03. The Morgan fingerprint density at radius 2 is 1.96 bits per heavy atom. The number of pyridine rings is 1. The summed E-state index contributed by atoms with van der Waals surface area (Å²) in [5, 5.41) is 13.2. The quantitative estimate of drug-likeness (QED) is 0.885. The Bertz CT molecular complexity index is 657. The number of anilines is 1. The molecular weight excluding hydrogens is 305 g/mol. The fourth-order valence-corrected chi connectivity index (χ4v) is 3.15. The highest BCUT2D eigenvalue weighted by Crippen LogP contribution is 2.29. The molecule has 1 saturated heterocycles. The first-order chi connectivity index (χ1) is 11.6. The number of hydrogen-bond acceptors (Lipinski definition) is 4. The Labute approximate surface area is 142 Å². The maximum Gasteiger partial charge on any atom is 0.123 e. The van der Waals surface area contributed by atoms with Gasteiger partial charge in [-0.3, -0.25) is 4.98 Å². The van der Waals surface area contributed by atoms with Crippen LogP contribution < -0.4 is 10.2 Å². The van der Waals surface area contributed by atoms with E-state index in [-0.39, 0.29) is 18.0 Å². The number of rotatable bonds is 5. The van der Waals surface area contributed by atoms with E-state index in [0.29, 0.717) is 6.54 Å². The van der Waals surface area contributed by atoms with Gasteiger partial charge in [-0.2, -0.15) is 0 Å². The van der Waals surface area contributed by atoms with E-state index in [0.717, 1.165) is 42.7 Å². The second-order valence-electron chi connectivity index (χ2n) is 6.38. The SMILES string of the molecule is CC(NCc1ccncc1)c1cc(F)ccc1N1CCC(O)CC1. The van der Waals surface area contributed by atoms with Crippen LogP contribution in [0, 0.1) is 5.82 Å². The van der Waals surface area contributed by atoms with Gasteiger partial charge in [0.15, 0.2) is 0 Å². The molecule has 0 bridgehead atoms. The van der Waals surface area contributed by atoms with E-state index < -0.39 is 0 Å². The van der Waals surface area contributed by atoms with Crippen LogP contribution in [0.2, 0.25) is 0 Å². The summed E-state index contributed by atoms with van der Waals surface area (Å²) in [6, 6.07) is 8.95. The van der Waals surface area contributed by atoms with Crippen molar-refractivity contribution in [1.82, 2.24) is 10.3 Å². The third-order valence-electron chi connectivity index (χ3n) is 4.62. The summed E-state index contributed by atoms with van der Waals surface area (Å²) in [5.74, 6) is -0.219. The molecule has 2 heterocycles. The number of aliphatic hydroxyl groups excluding tert-OH is 1. The van der Waals surface area contributed by atoms with E-state index in [1.807, 2.05) is 18.2 Å². The lowest BCUT2D eigenvalue weighted by atomic mass is 10.0. The summed E-state index contributed by atoms with van der Waals surface area (Å²) in [4.78, 5) is 6.26. The lowest BCUT2D eigenvalue weighted by Gasteiger charge is -2.34. The average molecular weight is 329 g/mol. The molecule has 2 aromatic rings. The Morgan fingerprint density at radius 3 is 2.67 bits per heavy atom. The van der Waals surface area contributed by atoms with Gasteiger partial charge in [0.25, 0.3) is 0 Å². The van der Waals surface area contributed by atoms with Crippen molar-refractivity contribution < 1.29 is 9.50 Å². The van der Waals surface area contributed by atoms with Gasteiger partial charge < -0.3 is 15.3 Å². The molecule has 3 rings (SSSR count). The van der Waals surface area contributed by atoms with Crippen molar-refractivity contribution in [3.8, 4) is 0 Å². The minimum atomic E-state index is -0.219. The number of piperidine rings is 1. The molecule has 4 nitrogen and oxygen atoms in total. The minimum Gasteiger partial charge on any atom is -0.393 e. The van der Waals surface area contributed by atoms with Gasteiger partial charge in [-0.05, 0) is 61.2 Å². The van der Waals surface area contributed by atoms with Gasteiger partial charge in [0.2, 0.25) is 0 Å². The van der Waals surface area contributed by atoms with Crippen molar-refractivity contribution in [2.75, 3.05) is 18.0 Å². The van der Waals surface area contributed by atoms with Crippen LogP contribution in [0.1, 0.15) is 36.9 Å². The van der Waals surface area contributed by atoms with Crippen LogP contribution in [0.15, 0.2) is 42.7 Å². The number of aliphatic hydroxyl groups is 1. The summed E-state index contributed by atoms with van der Waals surface area (Å²) in [6.45, 7) is 4.37. The minimum absolute atomic E-state index is 0.0238. The van der Waals surface area contributed by atoms with Crippen LogP contribution in [0.25, 0.3) is 0 Å². The number of nitrogens with one attached hydrogen (secondary N) is 1. The van der Waals surface area contributed by atoms with Gasteiger partial charge in [-0.1, -0.05) is 0 Å². The third-order valence-corrected chi connectivity index (χ3v) is 4.62. The lowest BCUT2D eigenvalue weighted by molar-refractivity contribution is 0.145. The van der Waals surface area contributed by atoms with Gasteiger partial charge >= 0.3 is 0 Å². The van der Waals surface area contributed by atoms with Crippen molar-refractivity contribution in [3.05, 3.63) is 59.7 Å². The maximum absolute atomic E-state index is 13.8. The van der Waals surface area contributed by atoms with Gasteiger partial charge in [0.1, 0.15) is 5.82 Å². The van der Waals surface area contributed by atoms with Crippen molar-refractivity contribution in [3.63, 3.8) is 0 Å². The summed E-state index contributed by atoms with van der Waals surface area (Å²) in [5.41, 5.74) is 3.16. The molecule has 0 aliphatic carbocycles. The predicted molar refractivity (Wildman–Crippen MR) is 93.3 cm³/mol. The first-order valence-corrected chi connectivity index (χ1v) is 8.48. The van der Waals surface area contributed by atoms with E-state index in [1.165, 1.54) is 6.07 Å². The van der Waals surface area contributed by atoms with E-state index in [2.05, 4.69) is 22.1 Å². The monoisotopic (exact) mass is 329 g/mol. The summed E-state index contributed by atoms with van der Waals surface area (Å²) >= 11 is 0. The van der Waals surface area contributed by atoms with Crippen LogP contribution in [-0.4, -0.2) is 29.3 Å². The highest BCUT2D eigenvalue weighted by atomic mass is 19.1. The second kappa shape index (κ2) is 7.73. The molecule has 128 valence electrons. The zero-order valence-electron chi connectivity index (χ0n) is 14.0. The van der Waals surface area contributed by atoms with Crippen LogP contribution in [0.4, 0.5) is 10.1 Å². The molecule has 1 aliphatic heterocycles. The number of benzene rings is 1. The van der Waals surface area contributed by atoms with Crippen molar-refractivity contribution in [2.45, 2.75) is 38.5 Å². The van der Waals surface area contributed by atoms with Crippen molar-refractivity contribution in [2.24, 2.45) is 0 Å². The zero-order valence-corrected chi connectivity index (χ0v) is 14.0. The van der Waals surface area contributed by atoms with E-state index in [1.54, 1.807) is 18.5 Å². The Kier molecular flexibility index (Phi) is 5.43. The molecule has 0 radical (unpaired) electrons. The molecule has 1 fully saturated rings. The number of halogens is 1. The molecule has 5 heteroatoms. The van der Waals surface area contributed by atoms with E-state index in [4.69, 9.17) is 0 Å². The smallest absolute Gasteiger partial charge is 0.123 e. The zero-order chi connectivity index (χ0) is 16.9. The maximum atomic E-state index is 13.8. The molecule has 0 spiro atoms. The van der Waals surface area contributed by atoms with Crippen molar-refractivity contribution >= 4 is 5.69 Å². The topological polar surface area (TPSA) is 48.4 Å². The molecular formula is C19H24FN3O. The molecule has 1 aromatic heterocycles. The number of aromatic nitrogens is 1.